The van der Waals surface area contributed by atoms with Crippen LogP contribution in [0.2, 0.25) is 0 Å². The Labute approximate surface area is 281 Å². The van der Waals surface area contributed by atoms with Gasteiger partial charge in [-0.1, -0.05) is 53.3 Å². The molecule has 10 nitrogen and oxygen atoms in total. The minimum atomic E-state index is -0.520. The van der Waals surface area contributed by atoms with E-state index in [0.29, 0.717) is 16.6 Å². The summed E-state index contributed by atoms with van der Waals surface area (Å²) in [4.78, 5) is 27.3. The lowest BCUT2D eigenvalue weighted by Gasteiger charge is -2.33. The summed E-state index contributed by atoms with van der Waals surface area (Å²) >= 11 is 3.73. The molecule has 0 aliphatic carbocycles. The van der Waals surface area contributed by atoms with Crippen LogP contribution in [0, 0.1) is 0 Å². The molecule has 0 spiro atoms. The maximum atomic E-state index is 12.8. The highest BCUT2D eigenvalue weighted by molar-refractivity contribution is 7.99. The number of hydrogen-bond donors (Lipinski definition) is 0. The smallest absolute Gasteiger partial charge is 0.365 e. The number of rotatable bonds is 13. The molecule has 0 atom stereocenters. The van der Waals surface area contributed by atoms with Gasteiger partial charge in [0.2, 0.25) is 4.96 Å². The maximum absolute atomic E-state index is 12.8. The van der Waals surface area contributed by atoms with Crippen molar-refractivity contribution < 1.29 is 14.4 Å². The zero-order chi connectivity index (χ0) is 32.0. The molecule has 6 aromatic rings. The number of hydrogen-bond acceptors (Lipinski definition) is 10. The minimum absolute atomic E-state index is 0.403. The number of unbranched alkanes of at least 4 members (excludes halogenated alkanes) is 3. The van der Waals surface area contributed by atoms with Gasteiger partial charge in [-0.25, -0.2) is 14.3 Å². The Morgan fingerprint density at radius 2 is 1.70 bits per heavy atom. The molecule has 3 aromatic carbocycles. The van der Waals surface area contributed by atoms with E-state index in [-0.39, 0.29) is 0 Å². The fourth-order valence-corrected chi connectivity index (χ4v) is 8.01. The third kappa shape index (κ3) is 7.19. The Morgan fingerprint density at radius 3 is 2.51 bits per heavy atom. The first kappa shape index (κ1) is 31.3. The average molecular weight is 668 g/mol. The van der Waals surface area contributed by atoms with Crippen molar-refractivity contribution in [3.8, 4) is 21.8 Å². The molecular formula is C35H37N7O3S2. The van der Waals surface area contributed by atoms with Crippen LogP contribution in [-0.4, -0.2) is 73.5 Å². The van der Waals surface area contributed by atoms with Crippen LogP contribution >= 0.6 is 23.1 Å². The maximum Gasteiger partial charge on any atom is 0.365 e. The van der Waals surface area contributed by atoms with Crippen molar-refractivity contribution >= 4 is 50.7 Å². The molecule has 0 N–H and O–H groups in total. The fourth-order valence-electron chi connectivity index (χ4n) is 5.88. The van der Waals surface area contributed by atoms with Crippen molar-refractivity contribution in [2.24, 2.45) is 0 Å². The molecule has 1 fully saturated rings. The second kappa shape index (κ2) is 14.7. The number of fused-ring (bicyclic) bond motifs is 2. The van der Waals surface area contributed by atoms with Crippen molar-refractivity contribution in [1.82, 2.24) is 29.8 Å². The number of imidazole rings is 1. The van der Waals surface area contributed by atoms with Crippen molar-refractivity contribution in [2.75, 3.05) is 37.5 Å². The molecule has 3 aromatic heterocycles. The summed E-state index contributed by atoms with van der Waals surface area (Å²) < 4.78 is 7.01. The van der Waals surface area contributed by atoms with Crippen molar-refractivity contribution in [3.05, 3.63) is 84.6 Å². The number of methoxy groups -OCH3 is 1. The van der Waals surface area contributed by atoms with Crippen LogP contribution in [0.1, 0.15) is 48.9 Å². The summed E-state index contributed by atoms with van der Waals surface area (Å²) in [6.45, 7) is 3.09. The highest BCUT2D eigenvalue weighted by atomic mass is 32.2. The Balaban J connectivity index is 0.945. The van der Waals surface area contributed by atoms with Gasteiger partial charge in [-0.05, 0) is 85.2 Å². The third-order valence-corrected chi connectivity index (χ3v) is 10.9. The first-order valence-electron chi connectivity index (χ1n) is 16.1. The van der Waals surface area contributed by atoms with E-state index in [1.807, 2.05) is 41.0 Å². The number of thioether (sulfide) groups is 1. The molecule has 0 bridgehead atoms. The van der Waals surface area contributed by atoms with Gasteiger partial charge in [0.05, 0.1) is 17.5 Å². The molecule has 1 aliphatic heterocycles. The van der Waals surface area contributed by atoms with Gasteiger partial charge in [0, 0.05) is 48.9 Å². The summed E-state index contributed by atoms with van der Waals surface area (Å²) in [6, 6.07) is 23.3. The second-order valence-corrected chi connectivity index (χ2v) is 14.0. The van der Waals surface area contributed by atoms with Gasteiger partial charge in [0.1, 0.15) is 16.0 Å². The number of anilines is 1. The number of benzene rings is 3. The predicted octanol–water partition coefficient (Wildman–Crippen LogP) is 7.05. The number of ether oxygens (including phenoxy) is 1. The number of aromatic nitrogens is 6. The zero-order valence-electron chi connectivity index (χ0n) is 26.3. The van der Waals surface area contributed by atoms with Crippen LogP contribution in [0.3, 0.4) is 0 Å². The lowest BCUT2D eigenvalue weighted by Crippen LogP contribution is -2.34. The number of para-hydroxylation sites is 1. The monoisotopic (exact) mass is 667 g/mol. The first-order valence-corrected chi connectivity index (χ1v) is 18.0. The summed E-state index contributed by atoms with van der Waals surface area (Å²) in [5.74, 6) is 0.752. The van der Waals surface area contributed by atoms with E-state index in [9.17, 15) is 4.79 Å². The number of piperidine rings is 1. The SMILES string of the molecule is COCCCCCCSC1CCN(c2ccc(-c3nn4c(-c5ccc(C(=O)On6nnc7ccccc76)cc5)cnc4s3)cc2)CC1. The van der Waals surface area contributed by atoms with E-state index < -0.39 is 5.97 Å². The summed E-state index contributed by atoms with van der Waals surface area (Å²) in [5.41, 5.74) is 5.78. The number of carbonyl (C=O) groups is 1. The van der Waals surface area contributed by atoms with Gasteiger partial charge < -0.3 is 14.5 Å². The highest BCUT2D eigenvalue weighted by Gasteiger charge is 2.20. The van der Waals surface area contributed by atoms with Crippen LogP contribution < -0.4 is 9.74 Å². The normalized spacial score (nSPS) is 13.9. The van der Waals surface area contributed by atoms with E-state index in [1.54, 1.807) is 36.6 Å². The lowest BCUT2D eigenvalue weighted by atomic mass is 10.1. The largest absolute Gasteiger partial charge is 0.385 e. The van der Waals surface area contributed by atoms with Gasteiger partial charge in [0.15, 0.2) is 0 Å². The Kier molecular flexibility index (Phi) is 9.78. The predicted molar refractivity (Wildman–Crippen MR) is 188 cm³/mol. The molecule has 7 rings (SSSR count). The first-order chi connectivity index (χ1) is 23.2. The standard InChI is InChI=1S/C35H37N7O3S2/c1-44-22-6-2-3-7-23-46-29-18-20-40(21-19-29)28-16-14-26(15-17-28)33-38-41-32(24-36-35(41)47-33)25-10-12-27(13-11-25)34(43)45-42-31-9-5-4-8-30(31)37-39-42/h4-5,8-17,24,29H,2-3,6-7,18-23H2,1H3. The molecule has 0 radical (unpaired) electrons. The van der Waals surface area contributed by atoms with E-state index in [1.165, 1.54) is 50.0 Å². The lowest BCUT2D eigenvalue weighted by molar-refractivity contribution is 0.0409. The molecule has 12 heteroatoms. The van der Waals surface area contributed by atoms with E-state index in [0.717, 1.165) is 56.6 Å². The van der Waals surface area contributed by atoms with Gasteiger partial charge >= 0.3 is 5.97 Å². The second-order valence-electron chi connectivity index (χ2n) is 11.7. The number of nitrogens with zero attached hydrogens (tertiary/aromatic N) is 7. The van der Waals surface area contributed by atoms with Crippen molar-refractivity contribution in [3.63, 3.8) is 0 Å². The fraction of sp³-hybridized carbons (Fsp3) is 0.343. The van der Waals surface area contributed by atoms with Crippen molar-refractivity contribution in [1.29, 1.82) is 0 Å². The quantitative estimate of drug-likeness (QED) is 0.0948. The molecule has 0 saturated carbocycles. The van der Waals surface area contributed by atoms with Crippen LogP contribution in [0.4, 0.5) is 5.69 Å². The van der Waals surface area contributed by atoms with Crippen LogP contribution in [-0.2, 0) is 4.74 Å². The summed E-state index contributed by atoms with van der Waals surface area (Å²) in [6.07, 6.45) is 9.36. The van der Waals surface area contributed by atoms with Crippen LogP contribution in [0.5, 0.6) is 0 Å². The van der Waals surface area contributed by atoms with E-state index in [4.69, 9.17) is 14.7 Å². The van der Waals surface area contributed by atoms with E-state index in [2.05, 4.69) is 56.2 Å². The Hall–Kier alpha value is -4.26. The average Bonchev–Trinajstić information content (AvgIpc) is 3.84. The summed E-state index contributed by atoms with van der Waals surface area (Å²) in [5, 5.41) is 14.6. The van der Waals surface area contributed by atoms with Gasteiger partial charge in [0.25, 0.3) is 0 Å². The molecule has 0 unspecified atom stereocenters. The van der Waals surface area contributed by atoms with E-state index >= 15 is 0 Å². The zero-order valence-corrected chi connectivity index (χ0v) is 28.0. The van der Waals surface area contributed by atoms with Crippen LogP contribution in [0.25, 0.3) is 37.8 Å². The third-order valence-electron chi connectivity index (χ3n) is 8.51. The Morgan fingerprint density at radius 1 is 0.936 bits per heavy atom. The van der Waals surface area contributed by atoms with Gasteiger partial charge in [-0.15, -0.1) is 5.10 Å². The van der Waals surface area contributed by atoms with Gasteiger partial charge in [-0.3, -0.25) is 0 Å². The Bertz CT molecular complexity index is 1930. The van der Waals surface area contributed by atoms with Gasteiger partial charge in [-0.2, -0.15) is 16.9 Å². The highest BCUT2D eigenvalue weighted by Crippen LogP contribution is 2.32. The van der Waals surface area contributed by atoms with Crippen molar-refractivity contribution in [2.45, 2.75) is 43.8 Å². The molecule has 4 heterocycles. The minimum Gasteiger partial charge on any atom is -0.385 e. The molecule has 1 aliphatic rings. The molecule has 242 valence electrons. The summed E-state index contributed by atoms with van der Waals surface area (Å²) in [7, 11) is 1.78. The molecule has 1 saturated heterocycles. The number of carbonyl (C=O) groups excluding carboxylic acids is 1. The van der Waals surface area contributed by atoms with Crippen LogP contribution in [0.15, 0.2) is 79.0 Å². The molecular weight excluding hydrogens is 631 g/mol. The molecule has 47 heavy (non-hydrogen) atoms. The topological polar surface area (TPSA) is 99.7 Å². The molecule has 0 amide bonds.